The highest BCUT2D eigenvalue weighted by Crippen LogP contribution is 2.26. The van der Waals surface area contributed by atoms with Crippen LogP contribution in [0.2, 0.25) is 0 Å². The molecule has 0 amide bonds. The van der Waals surface area contributed by atoms with Crippen LogP contribution in [0.1, 0.15) is 12.5 Å². The lowest BCUT2D eigenvalue weighted by atomic mass is 10.1. The summed E-state index contributed by atoms with van der Waals surface area (Å²) in [5, 5.41) is 5.45. The Labute approximate surface area is 106 Å². The van der Waals surface area contributed by atoms with Crippen LogP contribution in [-0.4, -0.2) is 17.0 Å². The van der Waals surface area contributed by atoms with E-state index < -0.39 is 0 Å². The lowest BCUT2D eigenvalue weighted by Gasteiger charge is -2.09. The number of pyridine rings is 2. The average molecular weight is 237 g/mol. The van der Waals surface area contributed by atoms with E-state index in [4.69, 9.17) is 4.98 Å². The van der Waals surface area contributed by atoms with Crippen LogP contribution in [-0.2, 0) is 6.42 Å². The normalized spacial score (nSPS) is 11.0. The number of benzene rings is 1. The molecule has 0 unspecified atom stereocenters. The van der Waals surface area contributed by atoms with Crippen molar-refractivity contribution in [3.05, 3.63) is 42.1 Å². The summed E-state index contributed by atoms with van der Waals surface area (Å²) in [6, 6.07) is 10.4. The van der Waals surface area contributed by atoms with E-state index in [1.54, 1.807) is 0 Å². The maximum absolute atomic E-state index is 4.74. The van der Waals surface area contributed by atoms with E-state index in [1.165, 1.54) is 10.9 Å². The summed E-state index contributed by atoms with van der Waals surface area (Å²) in [7, 11) is 1.91. The largest absolute Gasteiger partial charge is 0.373 e. The quantitative estimate of drug-likeness (QED) is 0.694. The van der Waals surface area contributed by atoms with Gasteiger partial charge in [0.25, 0.3) is 0 Å². The van der Waals surface area contributed by atoms with E-state index in [9.17, 15) is 0 Å². The third-order valence-electron chi connectivity index (χ3n) is 3.26. The highest BCUT2D eigenvalue weighted by atomic mass is 15.0. The van der Waals surface area contributed by atoms with Crippen LogP contribution in [0.4, 0.5) is 5.82 Å². The van der Waals surface area contributed by atoms with Gasteiger partial charge in [-0.15, -0.1) is 0 Å². The predicted octanol–water partition coefficient (Wildman–Crippen LogP) is 3.39. The van der Waals surface area contributed by atoms with Gasteiger partial charge < -0.3 is 5.32 Å². The standard InChI is InChI=1S/C15H15N3/c1-3-10-9-11-6-7-13-12(5-4-8-17-13)14(11)18-15(10)16-2/h4-9H,3H2,1-2H3,(H,16,18). The highest BCUT2D eigenvalue weighted by molar-refractivity contribution is 6.04. The minimum absolute atomic E-state index is 0.960. The summed E-state index contributed by atoms with van der Waals surface area (Å²) < 4.78 is 0. The van der Waals surface area contributed by atoms with E-state index in [2.05, 4.69) is 41.5 Å². The Hall–Kier alpha value is -2.16. The van der Waals surface area contributed by atoms with E-state index in [-0.39, 0.29) is 0 Å². The number of rotatable bonds is 2. The summed E-state index contributed by atoms with van der Waals surface area (Å²) >= 11 is 0. The third kappa shape index (κ3) is 1.59. The Morgan fingerprint density at radius 2 is 2.11 bits per heavy atom. The SMILES string of the molecule is CCc1cc2ccc3ncccc3c2nc1NC. The molecule has 3 nitrogen and oxygen atoms in total. The van der Waals surface area contributed by atoms with Crippen LogP contribution in [0.25, 0.3) is 21.8 Å². The first-order valence-electron chi connectivity index (χ1n) is 6.18. The Kier molecular flexibility index (Phi) is 2.59. The molecule has 0 aliphatic heterocycles. The van der Waals surface area contributed by atoms with Gasteiger partial charge in [-0.2, -0.15) is 0 Å². The summed E-state index contributed by atoms with van der Waals surface area (Å²) in [5.41, 5.74) is 3.25. The molecule has 0 atom stereocenters. The highest BCUT2D eigenvalue weighted by Gasteiger charge is 2.07. The van der Waals surface area contributed by atoms with Crippen molar-refractivity contribution in [3.8, 4) is 0 Å². The maximum Gasteiger partial charge on any atom is 0.129 e. The monoisotopic (exact) mass is 237 g/mol. The van der Waals surface area contributed by atoms with Crippen molar-refractivity contribution in [1.82, 2.24) is 9.97 Å². The Balaban J connectivity index is 2.43. The second kappa shape index (κ2) is 4.26. The maximum atomic E-state index is 4.74. The summed E-state index contributed by atoms with van der Waals surface area (Å²) in [6.45, 7) is 2.15. The second-order valence-electron chi connectivity index (χ2n) is 4.31. The molecule has 0 aliphatic carbocycles. The molecule has 2 aromatic heterocycles. The first-order chi connectivity index (χ1) is 8.83. The van der Waals surface area contributed by atoms with Gasteiger partial charge in [-0.3, -0.25) is 4.98 Å². The predicted molar refractivity (Wildman–Crippen MR) is 76.0 cm³/mol. The van der Waals surface area contributed by atoms with Crippen LogP contribution < -0.4 is 5.32 Å². The van der Waals surface area contributed by atoms with Crippen LogP contribution in [0, 0.1) is 0 Å². The molecule has 1 aromatic carbocycles. The number of aromatic nitrogens is 2. The summed E-state index contributed by atoms with van der Waals surface area (Å²) in [4.78, 5) is 9.11. The smallest absolute Gasteiger partial charge is 0.129 e. The van der Waals surface area contributed by atoms with Gasteiger partial charge in [0.2, 0.25) is 0 Å². The molecule has 0 spiro atoms. The molecule has 0 aliphatic rings. The van der Waals surface area contributed by atoms with Gasteiger partial charge in [0, 0.05) is 24.0 Å². The summed E-state index contributed by atoms with van der Waals surface area (Å²) in [5.74, 6) is 0.960. The van der Waals surface area contributed by atoms with E-state index in [0.717, 1.165) is 28.7 Å². The first kappa shape index (κ1) is 11.0. The molecule has 2 heterocycles. The van der Waals surface area contributed by atoms with Gasteiger partial charge in [-0.25, -0.2) is 4.98 Å². The molecular formula is C15H15N3. The van der Waals surface area contributed by atoms with Gasteiger partial charge in [-0.05, 0) is 36.2 Å². The van der Waals surface area contributed by atoms with E-state index >= 15 is 0 Å². The van der Waals surface area contributed by atoms with Gasteiger partial charge in [0.1, 0.15) is 5.82 Å². The van der Waals surface area contributed by atoms with Crippen LogP contribution >= 0.6 is 0 Å². The molecule has 1 N–H and O–H groups in total. The minimum Gasteiger partial charge on any atom is -0.373 e. The lowest BCUT2D eigenvalue weighted by Crippen LogP contribution is -1.98. The Bertz CT molecular complexity index is 719. The number of aryl methyl sites for hydroxylation is 1. The van der Waals surface area contributed by atoms with Crippen molar-refractivity contribution >= 4 is 27.6 Å². The van der Waals surface area contributed by atoms with Crippen molar-refractivity contribution in [2.24, 2.45) is 0 Å². The zero-order valence-corrected chi connectivity index (χ0v) is 10.6. The number of anilines is 1. The number of nitrogens with one attached hydrogen (secondary N) is 1. The minimum atomic E-state index is 0.960. The van der Waals surface area contributed by atoms with Gasteiger partial charge >= 0.3 is 0 Å². The number of nitrogens with zero attached hydrogens (tertiary/aromatic N) is 2. The molecule has 0 fully saturated rings. The molecule has 18 heavy (non-hydrogen) atoms. The van der Waals surface area contributed by atoms with Gasteiger partial charge in [-0.1, -0.05) is 13.0 Å². The van der Waals surface area contributed by atoms with Gasteiger partial charge in [0.05, 0.1) is 11.0 Å². The van der Waals surface area contributed by atoms with Crippen LogP contribution in [0.15, 0.2) is 36.5 Å². The van der Waals surface area contributed by atoms with Crippen molar-refractivity contribution in [2.45, 2.75) is 13.3 Å². The lowest BCUT2D eigenvalue weighted by molar-refractivity contribution is 1.12. The topological polar surface area (TPSA) is 37.8 Å². The molecule has 0 saturated heterocycles. The van der Waals surface area contributed by atoms with Gasteiger partial charge in [0.15, 0.2) is 0 Å². The van der Waals surface area contributed by atoms with E-state index in [0.29, 0.717) is 0 Å². The fourth-order valence-corrected chi connectivity index (χ4v) is 2.32. The van der Waals surface area contributed by atoms with Crippen LogP contribution in [0.5, 0.6) is 0 Å². The Morgan fingerprint density at radius 3 is 2.89 bits per heavy atom. The summed E-state index contributed by atoms with van der Waals surface area (Å²) in [6.07, 6.45) is 2.79. The zero-order chi connectivity index (χ0) is 12.5. The fourth-order valence-electron chi connectivity index (χ4n) is 2.32. The second-order valence-corrected chi connectivity index (χ2v) is 4.31. The average Bonchev–Trinajstić information content (AvgIpc) is 2.45. The zero-order valence-electron chi connectivity index (χ0n) is 10.6. The molecule has 3 heteroatoms. The molecule has 90 valence electrons. The first-order valence-corrected chi connectivity index (χ1v) is 6.18. The van der Waals surface area contributed by atoms with E-state index in [1.807, 2.05) is 19.3 Å². The van der Waals surface area contributed by atoms with Crippen molar-refractivity contribution < 1.29 is 0 Å². The number of hydrogen-bond acceptors (Lipinski definition) is 3. The van der Waals surface area contributed by atoms with Crippen LogP contribution in [0.3, 0.4) is 0 Å². The molecule has 3 rings (SSSR count). The molecule has 0 radical (unpaired) electrons. The third-order valence-corrected chi connectivity index (χ3v) is 3.26. The van der Waals surface area contributed by atoms with Crippen molar-refractivity contribution in [1.29, 1.82) is 0 Å². The molecule has 3 aromatic rings. The van der Waals surface area contributed by atoms with Crippen molar-refractivity contribution in [3.63, 3.8) is 0 Å². The number of fused-ring (bicyclic) bond motifs is 3. The fraction of sp³-hybridized carbons (Fsp3) is 0.200. The van der Waals surface area contributed by atoms with Crippen molar-refractivity contribution in [2.75, 3.05) is 12.4 Å². The Morgan fingerprint density at radius 1 is 1.22 bits per heavy atom. The molecular weight excluding hydrogens is 222 g/mol. The molecule has 0 saturated carbocycles. The number of hydrogen-bond donors (Lipinski definition) is 1. The molecule has 0 bridgehead atoms.